The maximum atomic E-state index is 13.9. The van der Waals surface area contributed by atoms with Crippen molar-refractivity contribution >= 4 is 27.7 Å². The Balaban J connectivity index is 1.94. The van der Waals surface area contributed by atoms with Gasteiger partial charge in [0, 0.05) is 6.54 Å². The standard InChI is InChI=1S/C27H28FN3O7S/c1-17-11-12-20(28)14-25(17)39(37,38)31(15-18(2)32)16-24(33)23(13-19-7-4-3-5-8-19)30-26(34)21-9-6-10-22(29-21)27(35)36/h3-12,14,23-24,33H,13,15-16H2,1-2H3,(H,30,34)(H,35,36)/t23-,24+/m0/s1. The van der Waals surface area contributed by atoms with Gasteiger partial charge in [0.25, 0.3) is 5.91 Å². The number of benzene rings is 2. The lowest BCUT2D eigenvalue weighted by molar-refractivity contribution is -0.117. The van der Waals surface area contributed by atoms with E-state index in [0.717, 1.165) is 16.4 Å². The summed E-state index contributed by atoms with van der Waals surface area (Å²) in [7, 11) is -4.42. The summed E-state index contributed by atoms with van der Waals surface area (Å²) in [5.41, 5.74) is 0.379. The van der Waals surface area contributed by atoms with E-state index in [1.807, 2.05) is 0 Å². The van der Waals surface area contributed by atoms with Crippen LogP contribution in [0.2, 0.25) is 0 Å². The normalized spacial score (nSPS) is 13.1. The summed E-state index contributed by atoms with van der Waals surface area (Å²) in [4.78, 5) is 39.7. The smallest absolute Gasteiger partial charge is 0.354 e. The van der Waals surface area contributed by atoms with Crippen molar-refractivity contribution in [3.63, 3.8) is 0 Å². The van der Waals surface area contributed by atoms with E-state index >= 15 is 0 Å². The molecule has 2 atom stereocenters. The fourth-order valence-electron chi connectivity index (χ4n) is 3.90. The first-order valence-electron chi connectivity index (χ1n) is 11.9. The first kappa shape index (κ1) is 29.6. The number of halogens is 1. The van der Waals surface area contributed by atoms with Crippen LogP contribution in [-0.2, 0) is 21.2 Å². The first-order chi connectivity index (χ1) is 18.4. The van der Waals surface area contributed by atoms with E-state index in [0.29, 0.717) is 5.56 Å². The Hall–Kier alpha value is -4.00. The third-order valence-electron chi connectivity index (χ3n) is 5.84. The number of aliphatic hydroxyl groups is 1. The molecule has 206 valence electrons. The molecule has 0 saturated carbocycles. The molecule has 3 aromatic rings. The van der Waals surface area contributed by atoms with E-state index in [1.165, 1.54) is 38.1 Å². The summed E-state index contributed by atoms with van der Waals surface area (Å²) < 4.78 is 41.6. The largest absolute Gasteiger partial charge is 0.477 e. The molecular formula is C27H28FN3O7S. The lowest BCUT2D eigenvalue weighted by Gasteiger charge is -2.29. The summed E-state index contributed by atoms with van der Waals surface area (Å²) in [6.07, 6.45) is -1.46. The molecule has 39 heavy (non-hydrogen) atoms. The number of ketones is 1. The minimum Gasteiger partial charge on any atom is -0.477 e. The van der Waals surface area contributed by atoms with Gasteiger partial charge in [0.15, 0.2) is 0 Å². The van der Waals surface area contributed by atoms with Gasteiger partial charge in [-0.15, -0.1) is 0 Å². The predicted molar refractivity (Wildman–Crippen MR) is 139 cm³/mol. The Morgan fingerprint density at radius 2 is 1.69 bits per heavy atom. The highest BCUT2D eigenvalue weighted by atomic mass is 32.2. The van der Waals surface area contributed by atoms with Gasteiger partial charge in [-0.05, 0) is 55.7 Å². The van der Waals surface area contributed by atoms with Crippen LogP contribution in [0.1, 0.15) is 39.0 Å². The van der Waals surface area contributed by atoms with Crippen LogP contribution in [0.25, 0.3) is 0 Å². The number of hydrogen-bond donors (Lipinski definition) is 3. The van der Waals surface area contributed by atoms with Crippen LogP contribution < -0.4 is 5.32 Å². The predicted octanol–water partition coefficient (Wildman–Crippen LogP) is 2.21. The minimum atomic E-state index is -4.42. The maximum Gasteiger partial charge on any atom is 0.354 e. The van der Waals surface area contributed by atoms with Gasteiger partial charge >= 0.3 is 5.97 Å². The maximum absolute atomic E-state index is 13.9. The number of aromatic nitrogens is 1. The highest BCUT2D eigenvalue weighted by Crippen LogP contribution is 2.22. The fraction of sp³-hybridized carbons (Fsp3) is 0.259. The topological polar surface area (TPSA) is 154 Å². The van der Waals surface area contributed by atoms with E-state index in [9.17, 15) is 37.4 Å². The van der Waals surface area contributed by atoms with Crippen molar-refractivity contribution in [2.75, 3.05) is 13.1 Å². The van der Waals surface area contributed by atoms with Crippen LogP contribution in [0.15, 0.2) is 71.6 Å². The number of aromatic carboxylic acids is 1. The number of carbonyl (C=O) groups is 3. The second kappa shape index (κ2) is 12.7. The molecular weight excluding hydrogens is 529 g/mol. The molecule has 0 aliphatic carbocycles. The second-order valence-electron chi connectivity index (χ2n) is 8.96. The molecule has 0 aliphatic heterocycles. The van der Waals surface area contributed by atoms with Gasteiger partial charge < -0.3 is 15.5 Å². The van der Waals surface area contributed by atoms with E-state index < -0.39 is 58.7 Å². The summed E-state index contributed by atoms with van der Waals surface area (Å²) in [6.45, 7) is 1.46. The zero-order valence-electron chi connectivity index (χ0n) is 21.2. The van der Waals surface area contributed by atoms with Gasteiger partial charge in [0.05, 0.1) is 23.6 Å². The highest BCUT2D eigenvalue weighted by molar-refractivity contribution is 7.89. The number of aliphatic hydroxyl groups excluding tert-OH is 1. The summed E-state index contributed by atoms with van der Waals surface area (Å²) in [5.74, 6) is -3.42. The zero-order valence-corrected chi connectivity index (χ0v) is 22.1. The van der Waals surface area contributed by atoms with Crippen molar-refractivity contribution in [1.82, 2.24) is 14.6 Å². The minimum absolute atomic E-state index is 0.0688. The third kappa shape index (κ3) is 7.76. The van der Waals surface area contributed by atoms with Gasteiger partial charge in [-0.25, -0.2) is 22.6 Å². The lowest BCUT2D eigenvalue weighted by atomic mass is 10.0. The first-order valence-corrected chi connectivity index (χ1v) is 13.3. The Morgan fingerprint density at radius 1 is 1.03 bits per heavy atom. The molecule has 1 amide bonds. The average molecular weight is 558 g/mol. The SMILES string of the molecule is CC(=O)CN(C[C@@H](O)[C@H](Cc1ccccc1)NC(=O)c1cccc(C(=O)O)n1)S(=O)(=O)c1cc(F)ccc1C. The molecule has 0 spiro atoms. The van der Waals surface area contributed by atoms with Crippen molar-refractivity contribution in [3.8, 4) is 0 Å². The molecule has 0 aliphatic rings. The zero-order chi connectivity index (χ0) is 28.7. The number of amides is 1. The van der Waals surface area contributed by atoms with Crippen molar-refractivity contribution < 1.29 is 37.4 Å². The molecule has 0 unspecified atom stereocenters. The van der Waals surface area contributed by atoms with E-state index in [4.69, 9.17) is 0 Å². The quantitative estimate of drug-likeness (QED) is 0.306. The Labute approximate surface area is 225 Å². The molecule has 0 bridgehead atoms. The molecule has 1 aromatic heterocycles. The molecule has 2 aromatic carbocycles. The van der Waals surface area contributed by atoms with Crippen LogP contribution in [0, 0.1) is 12.7 Å². The third-order valence-corrected chi connectivity index (χ3v) is 7.79. The summed E-state index contributed by atoms with van der Waals surface area (Å²) in [5, 5.41) is 23.0. The molecule has 1 heterocycles. The van der Waals surface area contributed by atoms with Gasteiger partial charge in [-0.3, -0.25) is 9.59 Å². The van der Waals surface area contributed by atoms with Crippen molar-refractivity contribution in [1.29, 1.82) is 0 Å². The summed E-state index contributed by atoms with van der Waals surface area (Å²) >= 11 is 0. The molecule has 10 nitrogen and oxygen atoms in total. The van der Waals surface area contributed by atoms with Crippen LogP contribution >= 0.6 is 0 Å². The molecule has 0 saturated heterocycles. The average Bonchev–Trinajstić information content (AvgIpc) is 2.89. The van der Waals surface area contributed by atoms with E-state index in [2.05, 4.69) is 10.3 Å². The van der Waals surface area contributed by atoms with Crippen LogP contribution in [0.5, 0.6) is 0 Å². The molecule has 3 N–H and O–H groups in total. The number of rotatable bonds is 12. The monoisotopic (exact) mass is 557 g/mol. The lowest BCUT2D eigenvalue weighted by Crippen LogP contribution is -2.51. The molecule has 12 heteroatoms. The van der Waals surface area contributed by atoms with Crippen molar-refractivity contribution in [3.05, 3.63) is 95.1 Å². The van der Waals surface area contributed by atoms with E-state index in [1.54, 1.807) is 30.3 Å². The molecule has 3 rings (SSSR count). The van der Waals surface area contributed by atoms with E-state index in [-0.39, 0.29) is 28.3 Å². The Bertz CT molecular complexity index is 1470. The number of aryl methyl sites for hydroxylation is 1. The number of hydrogen-bond acceptors (Lipinski definition) is 7. The number of carboxylic acids is 1. The number of sulfonamides is 1. The van der Waals surface area contributed by atoms with Gasteiger partial charge in [0.2, 0.25) is 10.0 Å². The Kier molecular flexibility index (Phi) is 9.62. The van der Waals surface area contributed by atoms with Crippen LogP contribution in [-0.4, -0.2) is 70.8 Å². The van der Waals surface area contributed by atoms with Crippen molar-refractivity contribution in [2.45, 2.75) is 37.3 Å². The van der Waals surface area contributed by atoms with Gasteiger partial charge in [-0.2, -0.15) is 4.31 Å². The highest BCUT2D eigenvalue weighted by Gasteiger charge is 2.33. The summed E-state index contributed by atoms with van der Waals surface area (Å²) in [6, 6.07) is 14.8. The van der Waals surface area contributed by atoms with Crippen molar-refractivity contribution in [2.24, 2.45) is 0 Å². The fourth-order valence-corrected chi connectivity index (χ4v) is 5.61. The van der Waals surface area contributed by atoms with Crippen LogP contribution in [0.4, 0.5) is 4.39 Å². The number of carboxylic acid groups (broad SMARTS) is 1. The van der Waals surface area contributed by atoms with Gasteiger partial charge in [0.1, 0.15) is 23.0 Å². The second-order valence-corrected chi connectivity index (χ2v) is 10.9. The number of nitrogens with one attached hydrogen (secondary N) is 1. The Morgan fingerprint density at radius 3 is 2.33 bits per heavy atom. The number of Topliss-reactive ketones (excluding diaryl/α,β-unsaturated/α-hetero) is 1. The number of nitrogens with zero attached hydrogens (tertiary/aromatic N) is 2. The molecule has 0 radical (unpaired) electrons. The molecule has 0 fully saturated rings. The van der Waals surface area contributed by atoms with Crippen LogP contribution in [0.3, 0.4) is 0 Å². The van der Waals surface area contributed by atoms with Gasteiger partial charge in [-0.1, -0.05) is 42.5 Å². The number of pyridine rings is 1. The number of carbonyl (C=O) groups excluding carboxylic acids is 2.